The molecule has 1 fully saturated rings. The fourth-order valence-corrected chi connectivity index (χ4v) is 2.82. The number of nitrogens with one attached hydrogen (secondary N) is 1. The molecule has 2 aromatic rings. The molecule has 1 heterocycles. The van der Waals surface area contributed by atoms with Crippen LogP contribution in [0.4, 0.5) is 0 Å². The summed E-state index contributed by atoms with van der Waals surface area (Å²) in [4.78, 5) is 16.7. The fraction of sp³-hybridized carbons (Fsp3) is 0.368. The van der Waals surface area contributed by atoms with Gasteiger partial charge in [0.1, 0.15) is 17.9 Å². The lowest BCUT2D eigenvalue weighted by atomic mass is 10.1. The van der Waals surface area contributed by atoms with Crippen molar-refractivity contribution in [2.24, 2.45) is 0 Å². The Morgan fingerprint density at radius 2 is 2.04 bits per heavy atom. The zero-order valence-electron chi connectivity index (χ0n) is 14.4. The Bertz CT molecular complexity index is 735. The molecule has 1 aliphatic carbocycles. The average Bonchev–Trinajstić information content (AvgIpc) is 3.41. The van der Waals surface area contributed by atoms with Crippen molar-refractivity contribution in [1.82, 2.24) is 10.3 Å². The Balaban J connectivity index is 1.64. The van der Waals surface area contributed by atoms with Crippen LogP contribution in [0.3, 0.4) is 0 Å². The van der Waals surface area contributed by atoms with Gasteiger partial charge in [0.25, 0.3) is 5.91 Å². The van der Waals surface area contributed by atoms with Crippen LogP contribution in [-0.2, 0) is 4.74 Å². The van der Waals surface area contributed by atoms with E-state index in [1.807, 2.05) is 24.3 Å². The first-order valence-corrected chi connectivity index (χ1v) is 8.25. The van der Waals surface area contributed by atoms with E-state index in [2.05, 4.69) is 10.3 Å². The third kappa shape index (κ3) is 4.09. The minimum Gasteiger partial charge on any atom is -0.496 e. The highest BCUT2D eigenvalue weighted by atomic mass is 16.5. The van der Waals surface area contributed by atoms with E-state index in [9.17, 15) is 4.79 Å². The predicted molar refractivity (Wildman–Crippen MR) is 93.2 cm³/mol. The first-order chi connectivity index (χ1) is 12.2. The number of carbonyl (C=O) groups excluding carboxylic acids is 1. The second kappa shape index (κ2) is 7.98. The average molecular weight is 342 g/mol. The SMILES string of the molecule is COCCOc1ncccc1C(=O)N[C@H]1C[C@H]1c1ccccc1OC. The van der Waals surface area contributed by atoms with Crippen molar-refractivity contribution >= 4 is 5.91 Å². The minimum atomic E-state index is -0.178. The smallest absolute Gasteiger partial charge is 0.257 e. The first kappa shape index (κ1) is 17.2. The van der Waals surface area contributed by atoms with Crippen molar-refractivity contribution in [1.29, 1.82) is 0 Å². The molecule has 0 saturated heterocycles. The molecule has 0 unspecified atom stereocenters. The first-order valence-electron chi connectivity index (χ1n) is 8.25. The molecule has 0 spiro atoms. The Morgan fingerprint density at radius 3 is 2.84 bits per heavy atom. The Kier molecular flexibility index (Phi) is 5.50. The zero-order valence-corrected chi connectivity index (χ0v) is 14.4. The highest BCUT2D eigenvalue weighted by Gasteiger charge is 2.41. The molecule has 1 amide bonds. The number of para-hydroxylation sites is 1. The highest BCUT2D eigenvalue weighted by molar-refractivity contribution is 5.96. The van der Waals surface area contributed by atoms with Crippen LogP contribution in [0.2, 0.25) is 0 Å². The standard InChI is InChI=1S/C19H22N2O4/c1-23-10-11-25-19-14(7-5-9-20-19)18(22)21-16-12-15(16)13-6-3-4-8-17(13)24-2/h3-9,15-16H,10-12H2,1-2H3,(H,21,22)/t15-,16-/m0/s1. The number of methoxy groups -OCH3 is 2. The van der Waals surface area contributed by atoms with Crippen LogP contribution in [0.5, 0.6) is 11.6 Å². The third-order valence-corrected chi connectivity index (χ3v) is 4.19. The summed E-state index contributed by atoms with van der Waals surface area (Å²) in [5.74, 6) is 1.28. The largest absolute Gasteiger partial charge is 0.496 e. The lowest BCUT2D eigenvalue weighted by molar-refractivity contribution is 0.0940. The van der Waals surface area contributed by atoms with Gasteiger partial charge in [0.2, 0.25) is 5.88 Å². The van der Waals surface area contributed by atoms with Gasteiger partial charge in [0, 0.05) is 25.3 Å². The molecule has 2 atom stereocenters. The Hall–Kier alpha value is -2.60. The van der Waals surface area contributed by atoms with Gasteiger partial charge in [-0.1, -0.05) is 18.2 Å². The summed E-state index contributed by atoms with van der Waals surface area (Å²) >= 11 is 0. The molecule has 1 aromatic carbocycles. The number of benzene rings is 1. The summed E-state index contributed by atoms with van der Waals surface area (Å²) < 4.78 is 15.9. The number of rotatable bonds is 8. The summed E-state index contributed by atoms with van der Waals surface area (Å²) in [5, 5.41) is 3.06. The predicted octanol–water partition coefficient (Wildman–Crippen LogP) is 2.40. The molecule has 6 heteroatoms. The topological polar surface area (TPSA) is 69.7 Å². The van der Waals surface area contributed by atoms with Gasteiger partial charge in [-0.15, -0.1) is 0 Å². The van der Waals surface area contributed by atoms with Gasteiger partial charge in [-0.05, 0) is 30.2 Å². The summed E-state index contributed by atoms with van der Waals surface area (Å²) in [6, 6.07) is 11.4. The molecule has 1 N–H and O–H groups in total. The molecular formula is C19H22N2O4. The number of ether oxygens (including phenoxy) is 3. The van der Waals surface area contributed by atoms with Crippen molar-refractivity contribution in [2.45, 2.75) is 18.4 Å². The summed E-state index contributed by atoms with van der Waals surface area (Å²) in [7, 11) is 3.26. The maximum atomic E-state index is 12.6. The van der Waals surface area contributed by atoms with Crippen molar-refractivity contribution < 1.29 is 19.0 Å². The van der Waals surface area contributed by atoms with Crippen LogP contribution in [0, 0.1) is 0 Å². The van der Waals surface area contributed by atoms with E-state index in [1.165, 1.54) is 0 Å². The number of hydrogen-bond donors (Lipinski definition) is 1. The third-order valence-electron chi connectivity index (χ3n) is 4.19. The maximum absolute atomic E-state index is 12.6. The number of amides is 1. The second-order valence-corrected chi connectivity index (χ2v) is 5.86. The Labute approximate surface area is 147 Å². The van der Waals surface area contributed by atoms with Crippen LogP contribution in [0.1, 0.15) is 28.3 Å². The molecule has 1 aliphatic rings. The number of nitrogens with zero attached hydrogens (tertiary/aromatic N) is 1. The normalized spacial score (nSPS) is 18.5. The number of aromatic nitrogens is 1. The molecule has 3 rings (SSSR count). The van der Waals surface area contributed by atoms with Crippen LogP contribution < -0.4 is 14.8 Å². The summed E-state index contributed by atoms with van der Waals surface area (Å²) in [6.07, 6.45) is 2.50. The van der Waals surface area contributed by atoms with Crippen LogP contribution in [0.25, 0.3) is 0 Å². The number of carbonyl (C=O) groups is 1. The molecule has 0 aliphatic heterocycles. The van der Waals surface area contributed by atoms with Crippen LogP contribution >= 0.6 is 0 Å². The van der Waals surface area contributed by atoms with Crippen molar-refractivity contribution in [3.8, 4) is 11.6 Å². The molecule has 0 radical (unpaired) electrons. The van der Waals surface area contributed by atoms with Crippen molar-refractivity contribution in [3.05, 3.63) is 53.7 Å². The second-order valence-electron chi connectivity index (χ2n) is 5.86. The number of pyridine rings is 1. The molecule has 6 nitrogen and oxygen atoms in total. The van der Waals surface area contributed by atoms with Gasteiger partial charge in [-0.2, -0.15) is 0 Å². The highest BCUT2D eigenvalue weighted by Crippen LogP contribution is 2.44. The van der Waals surface area contributed by atoms with Gasteiger partial charge < -0.3 is 19.5 Å². The van der Waals surface area contributed by atoms with Gasteiger partial charge in [0.15, 0.2) is 0 Å². The van der Waals surface area contributed by atoms with Gasteiger partial charge in [-0.25, -0.2) is 4.98 Å². The fourth-order valence-electron chi connectivity index (χ4n) is 2.82. The molecule has 25 heavy (non-hydrogen) atoms. The zero-order chi connectivity index (χ0) is 17.6. The monoisotopic (exact) mass is 342 g/mol. The van der Waals surface area contributed by atoms with E-state index in [0.717, 1.165) is 17.7 Å². The Morgan fingerprint density at radius 1 is 1.20 bits per heavy atom. The van der Waals surface area contributed by atoms with E-state index in [0.29, 0.717) is 24.7 Å². The lowest BCUT2D eigenvalue weighted by Crippen LogP contribution is -2.27. The lowest BCUT2D eigenvalue weighted by Gasteiger charge is -2.11. The molecule has 1 aromatic heterocycles. The molecule has 0 bridgehead atoms. The van der Waals surface area contributed by atoms with Gasteiger partial charge >= 0.3 is 0 Å². The van der Waals surface area contributed by atoms with Crippen LogP contribution in [-0.4, -0.2) is 44.4 Å². The summed E-state index contributed by atoms with van der Waals surface area (Å²) in [5.41, 5.74) is 1.56. The van der Waals surface area contributed by atoms with E-state index >= 15 is 0 Å². The molecule has 132 valence electrons. The van der Waals surface area contributed by atoms with Crippen molar-refractivity contribution in [2.75, 3.05) is 27.4 Å². The van der Waals surface area contributed by atoms with Gasteiger partial charge in [0.05, 0.1) is 13.7 Å². The quantitative estimate of drug-likeness (QED) is 0.746. The van der Waals surface area contributed by atoms with Crippen molar-refractivity contribution in [3.63, 3.8) is 0 Å². The minimum absolute atomic E-state index is 0.0934. The number of hydrogen-bond acceptors (Lipinski definition) is 5. The maximum Gasteiger partial charge on any atom is 0.257 e. The van der Waals surface area contributed by atoms with E-state index in [-0.39, 0.29) is 17.9 Å². The van der Waals surface area contributed by atoms with Crippen LogP contribution in [0.15, 0.2) is 42.6 Å². The van der Waals surface area contributed by atoms with Gasteiger partial charge in [-0.3, -0.25) is 4.79 Å². The summed E-state index contributed by atoms with van der Waals surface area (Å²) in [6.45, 7) is 0.789. The molecule has 1 saturated carbocycles. The van der Waals surface area contributed by atoms with E-state index in [1.54, 1.807) is 32.5 Å². The van der Waals surface area contributed by atoms with E-state index < -0.39 is 0 Å². The van der Waals surface area contributed by atoms with E-state index in [4.69, 9.17) is 14.2 Å². The molecular weight excluding hydrogens is 320 g/mol.